The van der Waals surface area contributed by atoms with Gasteiger partial charge in [-0.15, -0.1) is 0 Å². The molecule has 0 spiro atoms. The average molecular weight is 380 g/mol. The zero-order valence-corrected chi connectivity index (χ0v) is 15.2. The van der Waals surface area contributed by atoms with Gasteiger partial charge in [0.1, 0.15) is 5.75 Å². The molecule has 0 aliphatic heterocycles. The molecule has 0 aliphatic rings. The topological polar surface area (TPSA) is 67.0 Å². The fraction of sp³-hybridized carbons (Fsp3) is 0.412. The molecule has 6 heteroatoms. The molecule has 2 N–H and O–H groups in total. The number of hydrogen-bond acceptors (Lipinski definition) is 3. The SMILES string of the molecule is CCCOc1cccc(CNC(=O)c2n[nH]c(C(C)C)c2Br)c1. The van der Waals surface area contributed by atoms with Gasteiger partial charge < -0.3 is 10.1 Å². The zero-order chi connectivity index (χ0) is 16.8. The molecule has 0 atom stereocenters. The van der Waals surface area contributed by atoms with Crippen LogP contribution in [0.3, 0.4) is 0 Å². The van der Waals surface area contributed by atoms with Gasteiger partial charge >= 0.3 is 0 Å². The van der Waals surface area contributed by atoms with Crippen molar-refractivity contribution in [1.29, 1.82) is 0 Å². The van der Waals surface area contributed by atoms with Crippen molar-refractivity contribution in [2.24, 2.45) is 0 Å². The molecule has 0 radical (unpaired) electrons. The second-order valence-corrected chi connectivity index (χ2v) is 6.43. The summed E-state index contributed by atoms with van der Waals surface area (Å²) in [5.74, 6) is 0.882. The number of halogens is 1. The van der Waals surface area contributed by atoms with Gasteiger partial charge in [-0.1, -0.05) is 32.9 Å². The molecule has 1 aromatic heterocycles. The Morgan fingerprint density at radius 3 is 2.87 bits per heavy atom. The van der Waals surface area contributed by atoms with E-state index in [4.69, 9.17) is 4.74 Å². The van der Waals surface area contributed by atoms with Crippen molar-refractivity contribution in [3.8, 4) is 5.75 Å². The Morgan fingerprint density at radius 1 is 1.43 bits per heavy atom. The van der Waals surface area contributed by atoms with Crippen LogP contribution in [0, 0.1) is 0 Å². The molecule has 5 nitrogen and oxygen atoms in total. The first-order valence-electron chi connectivity index (χ1n) is 7.76. The van der Waals surface area contributed by atoms with E-state index < -0.39 is 0 Å². The maximum Gasteiger partial charge on any atom is 0.273 e. The third-order valence-electron chi connectivity index (χ3n) is 3.35. The van der Waals surface area contributed by atoms with Gasteiger partial charge in [0.25, 0.3) is 5.91 Å². The summed E-state index contributed by atoms with van der Waals surface area (Å²) in [4.78, 5) is 12.3. The summed E-state index contributed by atoms with van der Waals surface area (Å²) in [6, 6.07) is 7.74. The van der Waals surface area contributed by atoms with E-state index in [1.807, 2.05) is 38.1 Å². The lowest BCUT2D eigenvalue weighted by Gasteiger charge is -2.08. The van der Waals surface area contributed by atoms with Crippen molar-refractivity contribution in [1.82, 2.24) is 15.5 Å². The summed E-state index contributed by atoms with van der Waals surface area (Å²) >= 11 is 3.44. The predicted octanol–water partition coefficient (Wildman–Crippen LogP) is 4.01. The number of carbonyl (C=O) groups excluding carboxylic acids is 1. The number of hydrogen-bond donors (Lipinski definition) is 2. The minimum atomic E-state index is -0.208. The lowest BCUT2D eigenvalue weighted by Crippen LogP contribution is -2.23. The normalized spacial score (nSPS) is 10.8. The van der Waals surface area contributed by atoms with Crippen molar-refractivity contribution in [2.45, 2.75) is 39.7 Å². The van der Waals surface area contributed by atoms with Crippen LogP contribution >= 0.6 is 15.9 Å². The van der Waals surface area contributed by atoms with E-state index in [2.05, 4.69) is 38.4 Å². The molecule has 2 rings (SSSR count). The second kappa shape index (κ2) is 8.15. The summed E-state index contributed by atoms with van der Waals surface area (Å²) in [6.07, 6.45) is 0.965. The number of benzene rings is 1. The van der Waals surface area contributed by atoms with Crippen LogP contribution in [0.4, 0.5) is 0 Å². The number of nitrogens with one attached hydrogen (secondary N) is 2. The van der Waals surface area contributed by atoms with Crippen molar-refractivity contribution in [3.63, 3.8) is 0 Å². The Hall–Kier alpha value is -1.82. The van der Waals surface area contributed by atoms with Gasteiger partial charge in [0.05, 0.1) is 16.8 Å². The number of aromatic nitrogens is 2. The minimum Gasteiger partial charge on any atom is -0.494 e. The first-order valence-corrected chi connectivity index (χ1v) is 8.56. The maximum atomic E-state index is 12.3. The van der Waals surface area contributed by atoms with Crippen LogP contribution in [0.1, 0.15) is 54.9 Å². The number of H-pyrrole nitrogens is 1. The second-order valence-electron chi connectivity index (χ2n) is 5.63. The molecule has 2 aromatic rings. The van der Waals surface area contributed by atoms with Gasteiger partial charge in [-0.25, -0.2) is 0 Å². The van der Waals surface area contributed by atoms with Crippen molar-refractivity contribution < 1.29 is 9.53 Å². The zero-order valence-electron chi connectivity index (χ0n) is 13.6. The van der Waals surface area contributed by atoms with E-state index in [1.54, 1.807) is 0 Å². The van der Waals surface area contributed by atoms with Crippen molar-refractivity contribution in [3.05, 3.63) is 45.7 Å². The molecule has 1 aromatic carbocycles. The van der Waals surface area contributed by atoms with Crippen LogP contribution in [-0.2, 0) is 6.54 Å². The largest absolute Gasteiger partial charge is 0.494 e. The van der Waals surface area contributed by atoms with Crippen LogP contribution in [0.25, 0.3) is 0 Å². The molecule has 0 saturated carbocycles. The highest BCUT2D eigenvalue weighted by Gasteiger charge is 2.18. The highest BCUT2D eigenvalue weighted by molar-refractivity contribution is 9.10. The molecular weight excluding hydrogens is 358 g/mol. The summed E-state index contributed by atoms with van der Waals surface area (Å²) in [5.41, 5.74) is 2.29. The third-order valence-corrected chi connectivity index (χ3v) is 4.15. The Balaban J connectivity index is 1.99. The van der Waals surface area contributed by atoms with E-state index in [0.29, 0.717) is 18.8 Å². The monoisotopic (exact) mass is 379 g/mol. The maximum absolute atomic E-state index is 12.3. The Morgan fingerprint density at radius 2 is 2.22 bits per heavy atom. The number of ether oxygens (including phenoxy) is 1. The highest BCUT2D eigenvalue weighted by atomic mass is 79.9. The average Bonchev–Trinajstić information content (AvgIpc) is 2.93. The lowest BCUT2D eigenvalue weighted by molar-refractivity contribution is 0.0945. The summed E-state index contributed by atoms with van der Waals surface area (Å²) in [6.45, 7) is 7.27. The van der Waals surface area contributed by atoms with E-state index in [1.165, 1.54) is 0 Å². The lowest BCUT2D eigenvalue weighted by atomic mass is 10.1. The fourth-order valence-electron chi connectivity index (χ4n) is 2.11. The van der Waals surface area contributed by atoms with Crippen LogP contribution < -0.4 is 10.1 Å². The van der Waals surface area contributed by atoms with Crippen molar-refractivity contribution >= 4 is 21.8 Å². The molecule has 124 valence electrons. The van der Waals surface area contributed by atoms with E-state index in [9.17, 15) is 4.79 Å². The number of rotatable bonds is 7. The first-order chi connectivity index (χ1) is 11.0. The predicted molar refractivity (Wildman–Crippen MR) is 93.8 cm³/mol. The van der Waals surface area contributed by atoms with E-state index in [0.717, 1.165) is 27.9 Å². The van der Waals surface area contributed by atoms with Gasteiger partial charge in [0.2, 0.25) is 0 Å². The Kier molecular flexibility index (Phi) is 6.21. The fourth-order valence-corrected chi connectivity index (χ4v) is 2.92. The first kappa shape index (κ1) is 17.5. The summed E-state index contributed by atoms with van der Waals surface area (Å²) in [5, 5.41) is 9.89. The standard InChI is InChI=1S/C17H22BrN3O2/c1-4-8-23-13-7-5-6-12(9-13)10-19-17(22)16-14(18)15(11(2)3)20-21-16/h5-7,9,11H,4,8,10H2,1-3H3,(H,19,22)(H,20,21). The molecule has 1 amide bonds. The highest BCUT2D eigenvalue weighted by Crippen LogP contribution is 2.25. The Labute approximate surface area is 144 Å². The van der Waals surface area contributed by atoms with Crippen LogP contribution in [0.2, 0.25) is 0 Å². The number of nitrogens with zero attached hydrogens (tertiary/aromatic N) is 1. The van der Waals surface area contributed by atoms with Gasteiger partial charge in [0, 0.05) is 6.54 Å². The van der Waals surface area contributed by atoms with Gasteiger partial charge in [-0.05, 0) is 46.0 Å². The van der Waals surface area contributed by atoms with E-state index in [-0.39, 0.29) is 11.8 Å². The van der Waals surface area contributed by atoms with Gasteiger partial charge in [0.15, 0.2) is 5.69 Å². The van der Waals surface area contributed by atoms with Crippen LogP contribution in [-0.4, -0.2) is 22.7 Å². The number of aromatic amines is 1. The number of carbonyl (C=O) groups is 1. The molecule has 23 heavy (non-hydrogen) atoms. The molecule has 0 saturated heterocycles. The minimum absolute atomic E-state index is 0.208. The van der Waals surface area contributed by atoms with Crippen LogP contribution in [0.15, 0.2) is 28.7 Å². The molecule has 0 aliphatic carbocycles. The molecule has 0 bridgehead atoms. The summed E-state index contributed by atoms with van der Waals surface area (Å²) in [7, 11) is 0. The van der Waals surface area contributed by atoms with E-state index >= 15 is 0 Å². The Bertz CT molecular complexity index is 668. The molecule has 0 fully saturated rings. The quantitative estimate of drug-likeness (QED) is 0.763. The molecule has 1 heterocycles. The third kappa shape index (κ3) is 4.58. The van der Waals surface area contributed by atoms with Crippen LogP contribution in [0.5, 0.6) is 5.75 Å². The smallest absolute Gasteiger partial charge is 0.273 e. The van der Waals surface area contributed by atoms with Crippen molar-refractivity contribution in [2.75, 3.05) is 6.61 Å². The molecule has 0 unspecified atom stereocenters. The van der Waals surface area contributed by atoms with Gasteiger partial charge in [-0.3, -0.25) is 9.89 Å². The number of amides is 1. The molecular formula is C17H22BrN3O2. The summed E-state index contributed by atoms with van der Waals surface area (Å²) < 4.78 is 6.33. The van der Waals surface area contributed by atoms with Gasteiger partial charge in [-0.2, -0.15) is 5.10 Å².